The number of unbranched alkanes of at least 4 members (excludes halogenated alkanes) is 1. The third-order valence-electron chi connectivity index (χ3n) is 3.22. The maximum absolute atomic E-state index is 12.2. The van der Waals surface area contributed by atoms with Crippen LogP contribution in [-0.2, 0) is 9.53 Å². The molecule has 24 heavy (non-hydrogen) atoms. The number of anilines is 2. The van der Waals surface area contributed by atoms with Crippen molar-refractivity contribution >= 4 is 23.4 Å². The average molecular weight is 331 g/mol. The van der Waals surface area contributed by atoms with E-state index in [1.54, 1.807) is 25.1 Å². The summed E-state index contributed by atoms with van der Waals surface area (Å²) in [5.41, 5.74) is 1.10. The van der Waals surface area contributed by atoms with E-state index in [4.69, 9.17) is 9.26 Å². The SMILES string of the molecule is CCCCNc1ccccc1C(=O)OCC(=O)Nc1cc(C)on1. The molecule has 7 nitrogen and oxygen atoms in total. The highest BCUT2D eigenvalue weighted by Crippen LogP contribution is 2.16. The van der Waals surface area contributed by atoms with E-state index in [9.17, 15) is 9.59 Å². The summed E-state index contributed by atoms with van der Waals surface area (Å²) in [5, 5.41) is 9.33. The second kappa shape index (κ2) is 8.71. The molecule has 2 rings (SSSR count). The number of aromatic nitrogens is 1. The largest absolute Gasteiger partial charge is 0.452 e. The topological polar surface area (TPSA) is 93.5 Å². The molecule has 0 atom stereocenters. The summed E-state index contributed by atoms with van der Waals surface area (Å²) < 4.78 is 9.91. The van der Waals surface area contributed by atoms with Crippen molar-refractivity contribution in [2.75, 3.05) is 23.8 Å². The van der Waals surface area contributed by atoms with Gasteiger partial charge in [-0.05, 0) is 25.5 Å². The third kappa shape index (κ3) is 5.12. The summed E-state index contributed by atoms with van der Waals surface area (Å²) in [6.45, 7) is 4.18. The Balaban J connectivity index is 1.88. The number of benzene rings is 1. The summed E-state index contributed by atoms with van der Waals surface area (Å²) in [5.74, 6) is -0.168. The van der Waals surface area contributed by atoms with Gasteiger partial charge in [0.2, 0.25) is 0 Å². The molecule has 0 spiro atoms. The molecule has 7 heteroatoms. The number of para-hydroxylation sites is 1. The predicted octanol–water partition coefficient (Wildman–Crippen LogP) is 2.99. The molecule has 0 unspecified atom stereocenters. The molecule has 1 amide bonds. The van der Waals surface area contributed by atoms with Crippen molar-refractivity contribution in [3.63, 3.8) is 0 Å². The summed E-state index contributed by atoms with van der Waals surface area (Å²) >= 11 is 0. The molecule has 2 aromatic rings. The van der Waals surface area contributed by atoms with Crippen molar-refractivity contribution in [1.29, 1.82) is 0 Å². The molecule has 0 bridgehead atoms. The van der Waals surface area contributed by atoms with Crippen molar-refractivity contribution in [2.45, 2.75) is 26.7 Å². The fourth-order valence-electron chi connectivity index (χ4n) is 2.03. The Hall–Kier alpha value is -2.83. The van der Waals surface area contributed by atoms with Gasteiger partial charge < -0.3 is 19.9 Å². The lowest BCUT2D eigenvalue weighted by Crippen LogP contribution is -2.21. The van der Waals surface area contributed by atoms with Gasteiger partial charge in [-0.1, -0.05) is 30.6 Å². The van der Waals surface area contributed by atoms with Gasteiger partial charge in [0, 0.05) is 18.3 Å². The Bertz CT molecular complexity index is 697. The number of carbonyl (C=O) groups excluding carboxylic acids is 2. The lowest BCUT2D eigenvalue weighted by atomic mass is 10.1. The Morgan fingerprint density at radius 2 is 2.08 bits per heavy atom. The van der Waals surface area contributed by atoms with E-state index in [-0.39, 0.29) is 5.82 Å². The number of aryl methyl sites for hydroxylation is 1. The molecule has 128 valence electrons. The van der Waals surface area contributed by atoms with Crippen molar-refractivity contribution in [3.05, 3.63) is 41.7 Å². The summed E-state index contributed by atoms with van der Waals surface area (Å²) in [6, 6.07) is 8.64. The molecule has 0 aliphatic carbocycles. The summed E-state index contributed by atoms with van der Waals surface area (Å²) in [7, 11) is 0. The molecule has 0 aliphatic heterocycles. The van der Waals surface area contributed by atoms with Crippen molar-refractivity contribution in [1.82, 2.24) is 5.16 Å². The van der Waals surface area contributed by atoms with Crippen molar-refractivity contribution in [2.24, 2.45) is 0 Å². The minimum absolute atomic E-state index is 0.287. The van der Waals surface area contributed by atoms with Crippen LogP contribution in [0.5, 0.6) is 0 Å². The zero-order chi connectivity index (χ0) is 17.4. The van der Waals surface area contributed by atoms with Crippen LogP contribution in [0, 0.1) is 6.92 Å². The van der Waals surface area contributed by atoms with Gasteiger partial charge in [-0.25, -0.2) is 4.79 Å². The lowest BCUT2D eigenvalue weighted by Gasteiger charge is -2.11. The molecule has 0 aliphatic rings. The zero-order valence-electron chi connectivity index (χ0n) is 13.8. The number of rotatable bonds is 8. The summed E-state index contributed by atoms with van der Waals surface area (Å²) in [4.78, 5) is 24.0. The van der Waals surface area contributed by atoms with E-state index >= 15 is 0 Å². The molecule has 0 fully saturated rings. The highest BCUT2D eigenvalue weighted by atomic mass is 16.5. The normalized spacial score (nSPS) is 10.2. The maximum atomic E-state index is 12.2. The number of hydrogen-bond donors (Lipinski definition) is 2. The maximum Gasteiger partial charge on any atom is 0.340 e. The van der Waals surface area contributed by atoms with Crippen LogP contribution in [0.3, 0.4) is 0 Å². The van der Waals surface area contributed by atoms with E-state index in [1.165, 1.54) is 0 Å². The van der Waals surface area contributed by atoms with Gasteiger partial charge in [-0.3, -0.25) is 4.79 Å². The number of ether oxygens (including phenoxy) is 1. The van der Waals surface area contributed by atoms with Crippen LogP contribution >= 0.6 is 0 Å². The Morgan fingerprint density at radius 1 is 1.29 bits per heavy atom. The zero-order valence-corrected chi connectivity index (χ0v) is 13.8. The minimum atomic E-state index is -0.555. The highest BCUT2D eigenvalue weighted by Gasteiger charge is 2.14. The molecule has 0 saturated carbocycles. The number of amides is 1. The minimum Gasteiger partial charge on any atom is -0.452 e. The molecule has 1 aromatic carbocycles. The highest BCUT2D eigenvalue weighted by molar-refractivity contribution is 5.98. The predicted molar refractivity (Wildman–Crippen MR) is 90.0 cm³/mol. The van der Waals surface area contributed by atoms with Crippen LogP contribution in [0.1, 0.15) is 35.9 Å². The first-order chi connectivity index (χ1) is 11.6. The first-order valence-electron chi connectivity index (χ1n) is 7.83. The van der Waals surface area contributed by atoms with E-state index in [0.29, 0.717) is 17.0 Å². The molecule has 2 N–H and O–H groups in total. The van der Waals surface area contributed by atoms with Crippen LogP contribution in [0.15, 0.2) is 34.9 Å². The van der Waals surface area contributed by atoms with E-state index in [1.807, 2.05) is 12.1 Å². The monoisotopic (exact) mass is 331 g/mol. The average Bonchev–Trinajstić information content (AvgIpc) is 2.98. The first-order valence-corrected chi connectivity index (χ1v) is 7.83. The first kappa shape index (κ1) is 17.5. The Labute approximate surface area is 140 Å². The smallest absolute Gasteiger partial charge is 0.340 e. The number of carbonyl (C=O) groups is 2. The van der Waals surface area contributed by atoms with E-state index in [2.05, 4.69) is 22.7 Å². The molecule has 1 heterocycles. The van der Waals surface area contributed by atoms with Crippen LogP contribution in [0.25, 0.3) is 0 Å². The van der Waals surface area contributed by atoms with Gasteiger partial charge in [-0.2, -0.15) is 0 Å². The van der Waals surface area contributed by atoms with Gasteiger partial charge in [0.15, 0.2) is 12.4 Å². The van der Waals surface area contributed by atoms with Crippen LogP contribution < -0.4 is 10.6 Å². The van der Waals surface area contributed by atoms with Gasteiger partial charge in [0.1, 0.15) is 5.76 Å². The molecule has 0 saturated heterocycles. The van der Waals surface area contributed by atoms with Gasteiger partial charge >= 0.3 is 5.97 Å². The van der Waals surface area contributed by atoms with E-state index < -0.39 is 18.5 Å². The Morgan fingerprint density at radius 3 is 2.79 bits per heavy atom. The number of esters is 1. The van der Waals surface area contributed by atoms with Crippen LogP contribution in [0.2, 0.25) is 0 Å². The Kier molecular flexibility index (Phi) is 6.36. The fraction of sp³-hybridized carbons (Fsp3) is 0.353. The number of nitrogens with zero attached hydrogens (tertiary/aromatic N) is 1. The quantitative estimate of drug-likeness (QED) is 0.570. The van der Waals surface area contributed by atoms with Gasteiger partial charge in [0.25, 0.3) is 5.91 Å². The lowest BCUT2D eigenvalue weighted by molar-refractivity contribution is -0.119. The van der Waals surface area contributed by atoms with Crippen molar-refractivity contribution in [3.8, 4) is 0 Å². The van der Waals surface area contributed by atoms with Crippen LogP contribution in [0.4, 0.5) is 11.5 Å². The van der Waals surface area contributed by atoms with E-state index in [0.717, 1.165) is 19.4 Å². The van der Waals surface area contributed by atoms with Crippen molar-refractivity contribution < 1.29 is 18.8 Å². The molecular weight excluding hydrogens is 310 g/mol. The number of nitrogens with one attached hydrogen (secondary N) is 2. The summed E-state index contributed by atoms with van der Waals surface area (Å²) in [6.07, 6.45) is 2.06. The number of hydrogen-bond acceptors (Lipinski definition) is 6. The molecule has 1 aromatic heterocycles. The van der Waals surface area contributed by atoms with Gasteiger partial charge in [-0.15, -0.1) is 0 Å². The fourth-order valence-corrected chi connectivity index (χ4v) is 2.03. The second-order valence-corrected chi connectivity index (χ2v) is 5.27. The van der Waals surface area contributed by atoms with Crippen LogP contribution in [-0.4, -0.2) is 30.2 Å². The third-order valence-corrected chi connectivity index (χ3v) is 3.22. The second-order valence-electron chi connectivity index (χ2n) is 5.27. The molecule has 0 radical (unpaired) electrons. The van der Waals surface area contributed by atoms with Gasteiger partial charge in [0.05, 0.1) is 5.56 Å². The standard InChI is InChI=1S/C17H21N3O4/c1-3-4-9-18-14-8-6-5-7-13(14)17(22)23-11-16(21)19-15-10-12(2)24-20-15/h5-8,10,18H,3-4,9,11H2,1-2H3,(H,19,20,21). The molecular formula is C17H21N3O4.